The maximum atomic E-state index is 5.78. The molecule has 0 spiro atoms. The molecular formula is C16H22O4. The Balaban J connectivity index is 1.72. The van der Waals surface area contributed by atoms with Crippen molar-refractivity contribution in [3.8, 4) is 23.7 Å². The van der Waals surface area contributed by atoms with Gasteiger partial charge in [-0.3, -0.25) is 0 Å². The summed E-state index contributed by atoms with van der Waals surface area (Å²) in [5, 5.41) is 0. The quantitative estimate of drug-likeness (QED) is 0.543. The fraction of sp³-hybridized carbons (Fsp3) is 0.750. The van der Waals surface area contributed by atoms with Gasteiger partial charge in [-0.1, -0.05) is 0 Å². The zero-order valence-electron chi connectivity index (χ0n) is 12.2. The fourth-order valence-electron chi connectivity index (χ4n) is 2.49. The second-order valence-electron chi connectivity index (χ2n) is 4.77. The first-order chi connectivity index (χ1) is 9.86. The van der Waals surface area contributed by atoms with Crippen LogP contribution in [-0.2, 0) is 18.9 Å². The van der Waals surface area contributed by atoms with Crippen molar-refractivity contribution in [3.05, 3.63) is 0 Å². The highest BCUT2D eigenvalue weighted by Crippen LogP contribution is 2.30. The van der Waals surface area contributed by atoms with Gasteiger partial charge in [-0.25, -0.2) is 0 Å². The van der Waals surface area contributed by atoms with E-state index in [4.69, 9.17) is 18.9 Å². The largest absolute Gasteiger partial charge is 0.372 e. The van der Waals surface area contributed by atoms with Crippen LogP contribution in [0.2, 0.25) is 0 Å². The summed E-state index contributed by atoms with van der Waals surface area (Å²) >= 11 is 0. The lowest BCUT2D eigenvalue weighted by Crippen LogP contribution is -2.34. The van der Waals surface area contributed by atoms with Crippen LogP contribution in [0.1, 0.15) is 26.7 Å². The lowest BCUT2D eigenvalue weighted by atomic mass is 10.1. The van der Waals surface area contributed by atoms with E-state index in [-0.39, 0.29) is 24.4 Å². The highest BCUT2D eigenvalue weighted by Gasteiger charge is 2.48. The van der Waals surface area contributed by atoms with Crippen molar-refractivity contribution in [2.45, 2.75) is 51.1 Å². The van der Waals surface area contributed by atoms with E-state index in [1.54, 1.807) is 0 Å². The second kappa shape index (κ2) is 8.29. The van der Waals surface area contributed by atoms with Gasteiger partial charge in [0.05, 0.1) is 26.4 Å². The average Bonchev–Trinajstić information content (AvgIpc) is 3.03. The Bertz CT molecular complexity index is 372. The third-order valence-electron chi connectivity index (χ3n) is 3.43. The first kappa shape index (κ1) is 15.4. The van der Waals surface area contributed by atoms with Gasteiger partial charge in [-0.05, 0) is 13.8 Å². The van der Waals surface area contributed by atoms with E-state index in [9.17, 15) is 0 Å². The van der Waals surface area contributed by atoms with Crippen molar-refractivity contribution in [1.82, 2.24) is 0 Å². The van der Waals surface area contributed by atoms with Gasteiger partial charge < -0.3 is 18.9 Å². The second-order valence-corrected chi connectivity index (χ2v) is 4.77. The smallest absolute Gasteiger partial charge is 0.115 e. The Morgan fingerprint density at radius 2 is 1.30 bits per heavy atom. The summed E-state index contributed by atoms with van der Waals surface area (Å²) in [5.74, 6) is 11.7. The normalized spacial score (nSPS) is 31.1. The third-order valence-corrected chi connectivity index (χ3v) is 3.43. The number of hydrogen-bond acceptors (Lipinski definition) is 4. The summed E-state index contributed by atoms with van der Waals surface area (Å²) < 4.78 is 23.1. The number of hydrogen-bond donors (Lipinski definition) is 0. The molecular weight excluding hydrogens is 256 g/mol. The molecule has 110 valence electrons. The third kappa shape index (κ3) is 3.98. The van der Waals surface area contributed by atoms with Crippen LogP contribution in [0, 0.1) is 23.7 Å². The molecule has 0 N–H and O–H groups in total. The Morgan fingerprint density at radius 1 is 0.850 bits per heavy atom. The van der Waals surface area contributed by atoms with Gasteiger partial charge in [0.1, 0.15) is 24.4 Å². The summed E-state index contributed by atoms with van der Waals surface area (Å²) in [6.45, 7) is 6.06. The molecule has 0 unspecified atom stereocenters. The van der Waals surface area contributed by atoms with Gasteiger partial charge in [-0.15, -0.1) is 23.7 Å². The standard InChI is InChI=1S/C16H22O4/c1-3-5-7-9-17-13-11-19-16-14(12-20-15(13)16)18-10-8-6-4-2/h13-16H,7-12H2,1-2H3/t13-,14-,15-,16-/m1/s1. The SMILES string of the molecule is CC#CCCO[C@@H]1CO[C@H]2[C@@H]1OC[C@H]2OCCC#CC. The molecule has 20 heavy (non-hydrogen) atoms. The van der Waals surface area contributed by atoms with E-state index in [0.29, 0.717) is 26.4 Å². The van der Waals surface area contributed by atoms with E-state index in [1.165, 1.54) is 0 Å². The van der Waals surface area contributed by atoms with Gasteiger partial charge in [0.2, 0.25) is 0 Å². The van der Waals surface area contributed by atoms with Crippen LogP contribution in [0.5, 0.6) is 0 Å². The first-order valence-electron chi connectivity index (χ1n) is 7.12. The summed E-state index contributed by atoms with van der Waals surface area (Å²) in [4.78, 5) is 0. The van der Waals surface area contributed by atoms with Gasteiger partial charge in [0, 0.05) is 12.8 Å². The van der Waals surface area contributed by atoms with Gasteiger partial charge >= 0.3 is 0 Å². The number of ether oxygens (including phenoxy) is 4. The van der Waals surface area contributed by atoms with E-state index < -0.39 is 0 Å². The molecule has 4 atom stereocenters. The van der Waals surface area contributed by atoms with Crippen LogP contribution in [0.25, 0.3) is 0 Å². The monoisotopic (exact) mass is 278 g/mol. The van der Waals surface area contributed by atoms with Crippen LogP contribution in [0.15, 0.2) is 0 Å². The minimum Gasteiger partial charge on any atom is -0.372 e. The average molecular weight is 278 g/mol. The zero-order valence-corrected chi connectivity index (χ0v) is 12.2. The Hall–Kier alpha value is -1.04. The van der Waals surface area contributed by atoms with Crippen molar-refractivity contribution >= 4 is 0 Å². The molecule has 2 heterocycles. The minimum atomic E-state index is -0.00755. The molecule has 2 aliphatic heterocycles. The van der Waals surface area contributed by atoms with Crippen LogP contribution < -0.4 is 0 Å². The van der Waals surface area contributed by atoms with Crippen molar-refractivity contribution in [1.29, 1.82) is 0 Å². The molecule has 4 nitrogen and oxygen atoms in total. The fourth-order valence-corrected chi connectivity index (χ4v) is 2.49. The summed E-state index contributed by atoms with van der Waals surface area (Å²) in [6, 6.07) is 0. The minimum absolute atomic E-state index is 0.00249. The van der Waals surface area contributed by atoms with Crippen molar-refractivity contribution < 1.29 is 18.9 Å². The first-order valence-corrected chi connectivity index (χ1v) is 7.12. The topological polar surface area (TPSA) is 36.9 Å². The maximum Gasteiger partial charge on any atom is 0.115 e. The lowest BCUT2D eigenvalue weighted by molar-refractivity contribution is -0.0483. The summed E-state index contributed by atoms with van der Waals surface area (Å²) in [7, 11) is 0. The van der Waals surface area contributed by atoms with E-state index in [2.05, 4.69) is 23.7 Å². The summed E-state index contributed by atoms with van der Waals surface area (Å²) in [5.41, 5.74) is 0. The molecule has 2 rings (SSSR count). The van der Waals surface area contributed by atoms with E-state index in [1.807, 2.05) is 13.8 Å². The maximum absolute atomic E-state index is 5.78. The van der Waals surface area contributed by atoms with Crippen LogP contribution >= 0.6 is 0 Å². The van der Waals surface area contributed by atoms with Gasteiger partial charge in [-0.2, -0.15) is 0 Å². The van der Waals surface area contributed by atoms with Crippen LogP contribution in [-0.4, -0.2) is 50.8 Å². The van der Waals surface area contributed by atoms with Crippen molar-refractivity contribution in [3.63, 3.8) is 0 Å². The molecule has 0 amide bonds. The predicted octanol–water partition coefficient (Wildman–Crippen LogP) is 1.38. The Morgan fingerprint density at radius 3 is 1.70 bits per heavy atom. The zero-order chi connectivity index (χ0) is 14.2. The summed E-state index contributed by atoms with van der Waals surface area (Å²) in [6.07, 6.45) is 1.49. The van der Waals surface area contributed by atoms with Gasteiger partial charge in [0.25, 0.3) is 0 Å². The molecule has 0 aliphatic carbocycles. The molecule has 0 bridgehead atoms. The van der Waals surface area contributed by atoms with Crippen molar-refractivity contribution in [2.24, 2.45) is 0 Å². The Kier molecular flexibility index (Phi) is 6.36. The van der Waals surface area contributed by atoms with Gasteiger partial charge in [0.15, 0.2) is 0 Å². The molecule has 2 fully saturated rings. The van der Waals surface area contributed by atoms with E-state index >= 15 is 0 Å². The highest BCUT2D eigenvalue weighted by atomic mass is 16.6. The lowest BCUT2D eigenvalue weighted by Gasteiger charge is -2.16. The Labute approximate surface area is 121 Å². The molecule has 0 aromatic rings. The van der Waals surface area contributed by atoms with Crippen molar-refractivity contribution in [2.75, 3.05) is 26.4 Å². The van der Waals surface area contributed by atoms with Crippen LogP contribution in [0.3, 0.4) is 0 Å². The molecule has 0 saturated carbocycles. The molecule has 0 radical (unpaired) electrons. The molecule has 4 heteroatoms. The predicted molar refractivity (Wildman–Crippen MR) is 75.1 cm³/mol. The highest BCUT2D eigenvalue weighted by molar-refractivity contribution is 4.98. The molecule has 0 aromatic heterocycles. The van der Waals surface area contributed by atoms with Crippen LogP contribution in [0.4, 0.5) is 0 Å². The number of rotatable bonds is 6. The van der Waals surface area contributed by atoms with E-state index in [0.717, 1.165) is 12.8 Å². The molecule has 0 aromatic carbocycles. The molecule has 2 aliphatic rings. The molecule has 2 saturated heterocycles. The number of fused-ring (bicyclic) bond motifs is 1.